The van der Waals surface area contributed by atoms with Crippen LogP contribution in [0.5, 0.6) is 0 Å². The number of anilines is 1. The zero-order valence-electron chi connectivity index (χ0n) is 15.4. The Morgan fingerprint density at radius 3 is 2.64 bits per heavy atom. The van der Waals surface area contributed by atoms with Crippen LogP contribution in [0.3, 0.4) is 0 Å². The maximum Gasteiger partial charge on any atom is 0.264 e. The van der Waals surface area contributed by atoms with Gasteiger partial charge in [0.1, 0.15) is 11.2 Å². The Morgan fingerprint density at radius 1 is 1.12 bits per heavy atom. The molecule has 0 N–H and O–H groups in total. The van der Waals surface area contributed by atoms with Crippen molar-refractivity contribution in [1.82, 2.24) is 0 Å². The van der Waals surface area contributed by atoms with Crippen LogP contribution >= 0.6 is 11.3 Å². The van der Waals surface area contributed by atoms with Crippen molar-refractivity contribution in [1.29, 1.82) is 0 Å². The average Bonchev–Trinajstić information content (AvgIpc) is 2.95. The van der Waals surface area contributed by atoms with Gasteiger partial charge < -0.3 is 4.90 Å². The number of benzene rings is 2. The second-order valence-corrected chi connectivity index (χ2v) is 8.49. The lowest BCUT2D eigenvalue weighted by molar-refractivity contribution is -0.665. The number of thiazole rings is 1. The van der Waals surface area contributed by atoms with Gasteiger partial charge in [-0.3, -0.25) is 0 Å². The molecule has 4 rings (SSSR count). The highest BCUT2D eigenvalue weighted by atomic mass is 32.1. The van der Waals surface area contributed by atoms with Crippen LogP contribution in [-0.4, -0.2) is 7.05 Å². The molecule has 0 saturated heterocycles. The molecular formula is C22H25N2S+. The lowest BCUT2D eigenvalue weighted by Gasteiger charge is -2.41. The summed E-state index contributed by atoms with van der Waals surface area (Å²) in [5.74, 6) is 0. The molecule has 0 fully saturated rings. The molecule has 1 aliphatic heterocycles. The largest absolute Gasteiger partial charge is 0.347 e. The summed E-state index contributed by atoms with van der Waals surface area (Å²) in [5, 5.41) is 1.33. The number of aromatic nitrogens is 1. The SMILES string of the molecule is CC[n+]1c(/C=C2/N(C)c3ccccc3CC2(C)C)sc2ccccc21. The number of rotatable bonds is 2. The van der Waals surface area contributed by atoms with Crippen molar-refractivity contribution in [2.75, 3.05) is 11.9 Å². The molecule has 0 atom stereocenters. The minimum absolute atomic E-state index is 0.116. The van der Waals surface area contributed by atoms with E-state index in [1.165, 1.54) is 32.2 Å². The summed E-state index contributed by atoms with van der Waals surface area (Å²) in [6.07, 6.45) is 3.49. The van der Waals surface area contributed by atoms with Crippen molar-refractivity contribution in [2.45, 2.75) is 33.7 Å². The van der Waals surface area contributed by atoms with Gasteiger partial charge in [-0.25, -0.2) is 0 Å². The monoisotopic (exact) mass is 349 g/mol. The molecule has 2 nitrogen and oxygen atoms in total. The maximum atomic E-state index is 2.43. The third kappa shape index (κ3) is 2.67. The molecule has 3 aromatic rings. The minimum Gasteiger partial charge on any atom is -0.347 e. The number of hydrogen-bond acceptors (Lipinski definition) is 2. The Morgan fingerprint density at radius 2 is 1.84 bits per heavy atom. The van der Waals surface area contributed by atoms with Crippen molar-refractivity contribution in [3.63, 3.8) is 0 Å². The minimum atomic E-state index is 0.116. The first-order chi connectivity index (χ1) is 12.0. The highest BCUT2D eigenvalue weighted by Crippen LogP contribution is 2.43. The van der Waals surface area contributed by atoms with Crippen molar-refractivity contribution in [2.24, 2.45) is 5.41 Å². The van der Waals surface area contributed by atoms with Crippen molar-refractivity contribution < 1.29 is 4.57 Å². The Balaban J connectivity index is 1.89. The highest BCUT2D eigenvalue weighted by Gasteiger charge is 2.34. The standard InChI is InChI=1S/C22H25N2S/c1-5-24-18-12-8-9-13-19(18)25-21(24)14-20-22(2,3)15-16-10-6-7-11-17(16)23(20)4/h6-14H,5,15H2,1-4H3/q+1. The van der Waals surface area contributed by atoms with Crippen LogP contribution in [0, 0.1) is 5.41 Å². The Kier molecular flexibility index (Phi) is 3.92. The highest BCUT2D eigenvalue weighted by molar-refractivity contribution is 7.18. The van der Waals surface area contributed by atoms with Crippen molar-refractivity contribution in [3.8, 4) is 0 Å². The van der Waals surface area contributed by atoms with Gasteiger partial charge >= 0.3 is 0 Å². The van der Waals surface area contributed by atoms with Gasteiger partial charge in [-0.05, 0) is 31.0 Å². The third-order valence-corrected chi connectivity index (χ3v) is 6.37. The fraction of sp³-hybridized carbons (Fsp3) is 0.318. The number of aryl methyl sites for hydroxylation is 1. The van der Waals surface area contributed by atoms with Gasteiger partial charge in [0.25, 0.3) is 5.01 Å². The molecule has 3 heteroatoms. The zero-order valence-corrected chi connectivity index (χ0v) is 16.2. The fourth-order valence-corrected chi connectivity index (χ4v) is 5.20. The molecule has 1 aliphatic rings. The van der Waals surface area contributed by atoms with E-state index in [2.05, 4.69) is 91.9 Å². The summed E-state index contributed by atoms with van der Waals surface area (Å²) in [7, 11) is 2.20. The first-order valence-electron chi connectivity index (χ1n) is 8.96. The first-order valence-corrected chi connectivity index (χ1v) is 9.78. The van der Waals surface area contributed by atoms with E-state index in [-0.39, 0.29) is 5.41 Å². The van der Waals surface area contributed by atoms with Gasteiger partial charge in [-0.1, -0.05) is 55.5 Å². The smallest absolute Gasteiger partial charge is 0.264 e. The van der Waals surface area contributed by atoms with E-state index in [4.69, 9.17) is 0 Å². The number of allylic oxidation sites excluding steroid dienone is 1. The molecule has 25 heavy (non-hydrogen) atoms. The predicted octanol–water partition coefficient (Wildman–Crippen LogP) is 5.27. The van der Waals surface area contributed by atoms with Crippen LogP contribution in [0.4, 0.5) is 5.69 Å². The van der Waals surface area contributed by atoms with Crippen LogP contribution in [0.1, 0.15) is 31.3 Å². The molecule has 1 aromatic heterocycles. The van der Waals surface area contributed by atoms with Crippen LogP contribution in [0.2, 0.25) is 0 Å². The molecule has 0 saturated carbocycles. The van der Waals surface area contributed by atoms with E-state index in [0.29, 0.717) is 0 Å². The third-order valence-electron chi connectivity index (χ3n) is 5.25. The molecule has 2 aromatic carbocycles. The van der Waals surface area contributed by atoms with E-state index in [1.54, 1.807) is 0 Å². The van der Waals surface area contributed by atoms with E-state index in [1.807, 2.05) is 11.3 Å². The lowest BCUT2D eigenvalue weighted by Crippen LogP contribution is -2.37. The number of para-hydroxylation sites is 2. The molecule has 128 valence electrons. The zero-order chi connectivity index (χ0) is 17.6. The number of hydrogen-bond donors (Lipinski definition) is 0. The van der Waals surface area contributed by atoms with Gasteiger partial charge in [0.05, 0.1) is 0 Å². The summed E-state index contributed by atoms with van der Waals surface area (Å²) >= 11 is 1.89. The Hall–Kier alpha value is -2.13. The van der Waals surface area contributed by atoms with E-state index in [9.17, 15) is 0 Å². The van der Waals surface area contributed by atoms with Crippen molar-refractivity contribution >= 4 is 33.3 Å². The second-order valence-electron chi connectivity index (χ2n) is 7.43. The number of nitrogens with zero attached hydrogens (tertiary/aromatic N) is 2. The first kappa shape index (κ1) is 16.3. The molecule has 2 heterocycles. The molecular weight excluding hydrogens is 324 g/mol. The van der Waals surface area contributed by atoms with E-state index >= 15 is 0 Å². The lowest BCUT2D eigenvalue weighted by atomic mass is 9.78. The molecule has 0 radical (unpaired) electrons. The van der Waals surface area contributed by atoms with Crippen LogP contribution in [-0.2, 0) is 13.0 Å². The van der Waals surface area contributed by atoms with E-state index in [0.717, 1.165) is 13.0 Å². The van der Waals surface area contributed by atoms with Crippen LogP contribution in [0.15, 0.2) is 54.2 Å². The predicted molar refractivity (Wildman–Crippen MR) is 108 cm³/mol. The molecule has 0 bridgehead atoms. The summed E-state index contributed by atoms with van der Waals surface area (Å²) < 4.78 is 3.78. The Labute approximate surface area is 154 Å². The summed E-state index contributed by atoms with van der Waals surface area (Å²) in [6, 6.07) is 17.5. The summed E-state index contributed by atoms with van der Waals surface area (Å²) in [5.41, 5.74) is 5.60. The Bertz CT molecular complexity index is 965. The second kappa shape index (κ2) is 5.99. The maximum absolute atomic E-state index is 2.43. The van der Waals surface area contributed by atoms with Gasteiger partial charge in [-0.2, -0.15) is 4.57 Å². The molecule has 0 spiro atoms. The molecule has 0 aliphatic carbocycles. The topological polar surface area (TPSA) is 7.12 Å². The van der Waals surface area contributed by atoms with Crippen LogP contribution in [0.25, 0.3) is 16.3 Å². The van der Waals surface area contributed by atoms with Gasteiger partial charge in [-0.15, -0.1) is 0 Å². The quantitative estimate of drug-likeness (QED) is 0.572. The summed E-state index contributed by atoms with van der Waals surface area (Å²) in [6.45, 7) is 7.93. The van der Waals surface area contributed by atoms with Gasteiger partial charge in [0, 0.05) is 36.0 Å². The average molecular weight is 350 g/mol. The van der Waals surface area contributed by atoms with Gasteiger partial charge in [0.15, 0.2) is 0 Å². The molecule has 0 amide bonds. The fourth-order valence-electron chi connectivity index (χ4n) is 4.03. The summed E-state index contributed by atoms with van der Waals surface area (Å²) in [4.78, 5) is 2.38. The van der Waals surface area contributed by atoms with Crippen LogP contribution < -0.4 is 9.47 Å². The normalized spacial score (nSPS) is 17.9. The molecule has 0 unspecified atom stereocenters. The number of fused-ring (bicyclic) bond motifs is 2. The van der Waals surface area contributed by atoms with Crippen molar-refractivity contribution in [3.05, 3.63) is 64.8 Å². The van der Waals surface area contributed by atoms with Gasteiger partial charge in [0.2, 0.25) is 5.52 Å². The van der Waals surface area contributed by atoms with E-state index < -0.39 is 0 Å².